The lowest BCUT2D eigenvalue weighted by atomic mass is 9.96. The van der Waals surface area contributed by atoms with Crippen LogP contribution in [-0.4, -0.2) is 20.7 Å². The third-order valence-corrected chi connectivity index (χ3v) is 6.30. The van der Waals surface area contributed by atoms with E-state index in [1.54, 1.807) is 11.8 Å². The second kappa shape index (κ2) is 11.1. The van der Waals surface area contributed by atoms with Crippen LogP contribution in [0.15, 0.2) is 53.7 Å². The van der Waals surface area contributed by atoms with E-state index in [0.29, 0.717) is 6.42 Å². The zero-order valence-electron chi connectivity index (χ0n) is 18.7. The first-order chi connectivity index (χ1) is 15.0. The number of aryl methyl sites for hydroxylation is 2. The van der Waals surface area contributed by atoms with Gasteiger partial charge in [0.2, 0.25) is 5.91 Å². The zero-order chi connectivity index (χ0) is 22.2. The van der Waals surface area contributed by atoms with E-state index in [-0.39, 0.29) is 11.8 Å². The molecule has 1 unspecified atom stereocenters. The molecule has 2 N–H and O–H groups in total. The van der Waals surface area contributed by atoms with Crippen molar-refractivity contribution in [1.82, 2.24) is 14.8 Å². The molecule has 6 heteroatoms. The van der Waals surface area contributed by atoms with E-state index in [1.807, 2.05) is 18.2 Å². The summed E-state index contributed by atoms with van der Waals surface area (Å²) in [6.45, 7) is 6.44. The fourth-order valence-electron chi connectivity index (χ4n) is 4.03. The summed E-state index contributed by atoms with van der Waals surface area (Å²) in [6, 6.07) is 17.0. The standard InChI is InChI=1S/C25H32N4OS/c1-4-9-21(10-8-13-23(26)30)24-27-28-25(29(24)22-11-6-5-7-12-22)31-17-20-15-18(2)14-19(3)16-20/h5-7,11-12,14-16,21H,4,8-10,13,17H2,1-3H3,(H2,26,30). The number of carbonyl (C=O) groups excluding carboxylic acids is 1. The minimum absolute atomic E-state index is 0.243. The maximum atomic E-state index is 11.2. The van der Waals surface area contributed by atoms with E-state index in [4.69, 9.17) is 5.73 Å². The Balaban J connectivity index is 1.90. The molecule has 1 aromatic heterocycles. The lowest BCUT2D eigenvalue weighted by Crippen LogP contribution is -2.12. The van der Waals surface area contributed by atoms with Crippen LogP contribution in [0.25, 0.3) is 5.69 Å². The van der Waals surface area contributed by atoms with Crippen molar-refractivity contribution in [2.45, 2.75) is 69.7 Å². The lowest BCUT2D eigenvalue weighted by molar-refractivity contribution is -0.118. The summed E-state index contributed by atoms with van der Waals surface area (Å²) in [6.07, 6.45) is 4.11. The number of primary amides is 1. The predicted molar refractivity (Wildman–Crippen MR) is 128 cm³/mol. The van der Waals surface area contributed by atoms with E-state index in [1.165, 1.54) is 16.7 Å². The Morgan fingerprint density at radius 2 is 1.77 bits per heavy atom. The minimum Gasteiger partial charge on any atom is -0.370 e. The third kappa shape index (κ3) is 6.44. The molecule has 5 nitrogen and oxygen atoms in total. The first-order valence-corrected chi connectivity index (χ1v) is 12.0. The van der Waals surface area contributed by atoms with Gasteiger partial charge in [0.25, 0.3) is 0 Å². The van der Waals surface area contributed by atoms with E-state index >= 15 is 0 Å². The largest absolute Gasteiger partial charge is 0.370 e. The second-order valence-electron chi connectivity index (χ2n) is 8.14. The maximum absolute atomic E-state index is 11.2. The molecule has 0 saturated carbocycles. The van der Waals surface area contributed by atoms with Crippen LogP contribution < -0.4 is 5.73 Å². The Hall–Kier alpha value is -2.60. The van der Waals surface area contributed by atoms with Crippen LogP contribution in [0.5, 0.6) is 0 Å². The second-order valence-corrected chi connectivity index (χ2v) is 9.08. The van der Waals surface area contributed by atoms with Gasteiger partial charge in [-0.2, -0.15) is 0 Å². The average Bonchev–Trinajstić information content (AvgIpc) is 3.15. The highest BCUT2D eigenvalue weighted by molar-refractivity contribution is 7.98. The first kappa shape index (κ1) is 23.1. The number of aromatic nitrogens is 3. The number of hydrogen-bond acceptors (Lipinski definition) is 4. The highest BCUT2D eigenvalue weighted by atomic mass is 32.2. The van der Waals surface area contributed by atoms with Gasteiger partial charge < -0.3 is 5.73 Å². The summed E-state index contributed by atoms with van der Waals surface area (Å²) in [5.74, 6) is 1.81. The number of hydrogen-bond donors (Lipinski definition) is 1. The number of thioether (sulfide) groups is 1. The summed E-state index contributed by atoms with van der Waals surface area (Å²) in [5, 5.41) is 10.1. The Morgan fingerprint density at radius 3 is 2.42 bits per heavy atom. The smallest absolute Gasteiger partial charge is 0.217 e. The summed E-state index contributed by atoms with van der Waals surface area (Å²) < 4.78 is 2.19. The van der Waals surface area contributed by atoms with Gasteiger partial charge in [-0.15, -0.1) is 10.2 Å². The van der Waals surface area contributed by atoms with Crippen LogP contribution in [0, 0.1) is 13.8 Å². The summed E-state index contributed by atoms with van der Waals surface area (Å²) >= 11 is 1.71. The van der Waals surface area contributed by atoms with Crippen molar-refractivity contribution in [3.05, 3.63) is 71.0 Å². The number of nitrogens with zero attached hydrogens (tertiary/aromatic N) is 3. The number of nitrogens with two attached hydrogens (primary N) is 1. The lowest BCUT2D eigenvalue weighted by Gasteiger charge is -2.18. The van der Waals surface area contributed by atoms with Crippen molar-refractivity contribution in [1.29, 1.82) is 0 Å². The maximum Gasteiger partial charge on any atom is 0.217 e. The van der Waals surface area contributed by atoms with Crippen LogP contribution >= 0.6 is 11.8 Å². The van der Waals surface area contributed by atoms with Gasteiger partial charge in [-0.05, 0) is 50.8 Å². The van der Waals surface area contributed by atoms with Gasteiger partial charge in [-0.25, -0.2) is 0 Å². The summed E-state index contributed by atoms with van der Waals surface area (Å²) in [7, 11) is 0. The van der Waals surface area contributed by atoms with Gasteiger partial charge >= 0.3 is 0 Å². The Bertz CT molecular complexity index is 980. The molecule has 31 heavy (non-hydrogen) atoms. The molecule has 0 spiro atoms. The van der Waals surface area contributed by atoms with Gasteiger partial charge in [0.1, 0.15) is 5.82 Å². The summed E-state index contributed by atoms with van der Waals surface area (Å²) in [5.41, 5.74) is 10.3. The zero-order valence-corrected chi connectivity index (χ0v) is 19.5. The van der Waals surface area contributed by atoms with Crippen molar-refractivity contribution in [3.8, 4) is 5.69 Å². The van der Waals surface area contributed by atoms with E-state index in [2.05, 4.69) is 65.9 Å². The average molecular weight is 437 g/mol. The molecular formula is C25H32N4OS. The molecule has 1 amide bonds. The minimum atomic E-state index is -0.246. The molecule has 1 atom stereocenters. The monoisotopic (exact) mass is 436 g/mol. The van der Waals surface area contributed by atoms with Gasteiger partial charge in [0.05, 0.1) is 0 Å². The van der Waals surface area contributed by atoms with Crippen molar-refractivity contribution >= 4 is 17.7 Å². The highest BCUT2D eigenvalue weighted by Gasteiger charge is 2.22. The number of benzene rings is 2. The molecule has 0 bridgehead atoms. The number of carbonyl (C=O) groups is 1. The molecule has 0 aliphatic heterocycles. The van der Waals surface area contributed by atoms with E-state index in [0.717, 1.165) is 48.1 Å². The Morgan fingerprint density at radius 1 is 1.06 bits per heavy atom. The van der Waals surface area contributed by atoms with Crippen molar-refractivity contribution in [2.24, 2.45) is 5.73 Å². The van der Waals surface area contributed by atoms with Crippen molar-refractivity contribution < 1.29 is 4.79 Å². The quantitative estimate of drug-likeness (QED) is 0.390. The van der Waals surface area contributed by atoms with Crippen molar-refractivity contribution in [2.75, 3.05) is 0 Å². The molecule has 0 fully saturated rings. The van der Waals surface area contributed by atoms with Crippen LogP contribution in [-0.2, 0) is 10.5 Å². The van der Waals surface area contributed by atoms with E-state index in [9.17, 15) is 4.79 Å². The fraction of sp³-hybridized carbons (Fsp3) is 0.400. The van der Waals surface area contributed by atoms with Gasteiger partial charge in [-0.3, -0.25) is 9.36 Å². The molecule has 0 aliphatic rings. The first-order valence-electron chi connectivity index (χ1n) is 11.0. The molecule has 3 aromatic rings. The molecule has 0 aliphatic carbocycles. The van der Waals surface area contributed by atoms with Crippen LogP contribution in [0.2, 0.25) is 0 Å². The van der Waals surface area contributed by atoms with Gasteiger partial charge in [0, 0.05) is 23.8 Å². The van der Waals surface area contributed by atoms with Crippen LogP contribution in [0.3, 0.4) is 0 Å². The predicted octanol–water partition coefficient (Wildman–Crippen LogP) is 5.72. The van der Waals surface area contributed by atoms with Crippen LogP contribution in [0.1, 0.15) is 67.5 Å². The van der Waals surface area contributed by atoms with Gasteiger partial charge in [-0.1, -0.05) is 72.6 Å². The summed E-state index contributed by atoms with van der Waals surface area (Å²) in [4.78, 5) is 11.2. The number of amides is 1. The van der Waals surface area contributed by atoms with Crippen molar-refractivity contribution in [3.63, 3.8) is 0 Å². The number of rotatable bonds is 11. The highest BCUT2D eigenvalue weighted by Crippen LogP contribution is 2.32. The third-order valence-electron chi connectivity index (χ3n) is 5.30. The van der Waals surface area contributed by atoms with E-state index < -0.39 is 0 Å². The Labute approximate surface area is 189 Å². The molecule has 0 radical (unpaired) electrons. The molecule has 0 saturated heterocycles. The molecule has 1 heterocycles. The normalized spacial score (nSPS) is 12.1. The number of para-hydroxylation sites is 1. The molecular weight excluding hydrogens is 404 g/mol. The topological polar surface area (TPSA) is 73.8 Å². The SMILES string of the molecule is CCCC(CCCC(N)=O)c1nnc(SCc2cc(C)cc(C)c2)n1-c1ccccc1. The fourth-order valence-corrected chi connectivity index (χ4v) is 4.92. The molecule has 3 rings (SSSR count). The van der Waals surface area contributed by atoms with Gasteiger partial charge in [0.15, 0.2) is 5.16 Å². The Kier molecular flexibility index (Phi) is 8.29. The molecule has 164 valence electrons. The molecule has 2 aromatic carbocycles. The van der Waals surface area contributed by atoms with Crippen LogP contribution in [0.4, 0.5) is 0 Å².